The van der Waals surface area contributed by atoms with Gasteiger partial charge in [-0.3, -0.25) is 0 Å². The molecule has 80 valence electrons. The highest BCUT2D eigenvalue weighted by Crippen LogP contribution is 2.31. The Morgan fingerprint density at radius 2 is 1.79 bits per heavy atom. The molecule has 0 amide bonds. The van der Waals surface area contributed by atoms with E-state index in [1.54, 1.807) is 6.92 Å². The zero-order valence-electron chi connectivity index (χ0n) is 8.50. The quantitative estimate of drug-likeness (QED) is 0.572. The maximum absolute atomic E-state index is 13.2. The Balaban J connectivity index is 0.000000791. The van der Waals surface area contributed by atoms with Crippen LogP contribution >= 0.6 is 23.2 Å². The molecule has 0 aliphatic heterocycles. The molecule has 0 atom stereocenters. The van der Waals surface area contributed by atoms with Crippen LogP contribution in [0.1, 0.15) is 26.3 Å². The number of nitrogen functional groups attached to an aromatic ring is 1. The van der Waals surface area contributed by atoms with Gasteiger partial charge in [0.25, 0.3) is 0 Å². The van der Waals surface area contributed by atoms with E-state index < -0.39 is 5.82 Å². The van der Waals surface area contributed by atoms with Crippen LogP contribution in [0, 0.1) is 5.82 Å². The molecule has 14 heavy (non-hydrogen) atoms. The molecule has 1 aromatic rings. The van der Waals surface area contributed by atoms with Gasteiger partial charge in [0.2, 0.25) is 0 Å². The smallest absolute Gasteiger partial charge is 0.147 e. The third-order valence-electron chi connectivity index (χ3n) is 1.66. The summed E-state index contributed by atoms with van der Waals surface area (Å²) < 4.78 is 13.2. The molecule has 0 saturated carbocycles. The summed E-state index contributed by atoms with van der Waals surface area (Å²) >= 11 is 11.2. The topological polar surface area (TPSA) is 26.0 Å². The fourth-order valence-electron chi connectivity index (χ4n) is 1.00. The van der Waals surface area contributed by atoms with E-state index in [1.807, 2.05) is 13.8 Å². The Morgan fingerprint density at radius 1 is 1.29 bits per heavy atom. The second-order valence-electron chi connectivity index (χ2n) is 2.40. The molecule has 0 bridgehead atoms. The van der Waals surface area contributed by atoms with Gasteiger partial charge in [0.15, 0.2) is 0 Å². The lowest BCUT2D eigenvalue weighted by atomic mass is 10.1. The van der Waals surface area contributed by atoms with Crippen LogP contribution in [0.5, 0.6) is 0 Å². The van der Waals surface area contributed by atoms with E-state index in [1.165, 1.54) is 6.07 Å². The van der Waals surface area contributed by atoms with Crippen molar-refractivity contribution in [2.75, 3.05) is 5.73 Å². The van der Waals surface area contributed by atoms with Crippen LogP contribution in [0.4, 0.5) is 10.1 Å². The molecule has 1 aromatic carbocycles. The molecule has 0 aliphatic carbocycles. The van der Waals surface area contributed by atoms with Gasteiger partial charge in [-0.25, -0.2) is 4.39 Å². The average molecular weight is 238 g/mol. The third-order valence-corrected chi connectivity index (χ3v) is 2.25. The van der Waals surface area contributed by atoms with E-state index >= 15 is 0 Å². The van der Waals surface area contributed by atoms with Crippen LogP contribution in [0.15, 0.2) is 6.07 Å². The molecule has 4 heteroatoms. The van der Waals surface area contributed by atoms with Crippen molar-refractivity contribution < 1.29 is 4.39 Å². The average Bonchev–Trinajstić information content (AvgIpc) is 2.19. The van der Waals surface area contributed by atoms with Gasteiger partial charge in [0.1, 0.15) is 5.82 Å². The standard InChI is InChI=1S/C8H8Cl2FN.C2H6/c1-2-4-7(11)5(9)3-6(10)8(4)12;1-2/h3H,2,12H2,1H3;1-2H3. The number of hydrogen-bond donors (Lipinski definition) is 1. The number of benzene rings is 1. The summed E-state index contributed by atoms with van der Waals surface area (Å²) in [6.07, 6.45) is 0.484. The van der Waals surface area contributed by atoms with Crippen molar-refractivity contribution in [3.8, 4) is 0 Å². The third kappa shape index (κ3) is 2.76. The highest BCUT2D eigenvalue weighted by molar-refractivity contribution is 6.36. The van der Waals surface area contributed by atoms with Gasteiger partial charge in [-0.15, -0.1) is 0 Å². The molecular formula is C10H14Cl2FN. The van der Waals surface area contributed by atoms with Crippen molar-refractivity contribution in [2.24, 2.45) is 0 Å². The van der Waals surface area contributed by atoms with Crippen molar-refractivity contribution in [1.82, 2.24) is 0 Å². The molecule has 0 fully saturated rings. The van der Waals surface area contributed by atoms with E-state index in [0.717, 1.165) is 0 Å². The van der Waals surface area contributed by atoms with E-state index in [9.17, 15) is 4.39 Å². The predicted molar refractivity (Wildman–Crippen MR) is 61.6 cm³/mol. The summed E-state index contributed by atoms with van der Waals surface area (Å²) in [5.41, 5.74) is 6.19. The van der Waals surface area contributed by atoms with E-state index in [4.69, 9.17) is 28.9 Å². The van der Waals surface area contributed by atoms with Gasteiger partial charge in [-0.2, -0.15) is 0 Å². The van der Waals surface area contributed by atoms with Crippen LogP contribution in [-0.2, 0) is 6.42 Å². The Kier molecular flexibility index (Phi) is 5.89. The predicted octanol–water partition coefficient (Wildman–Crippen LogP) is 4.30. The summed E-state index contributed by atoms with van der Waals surface area (Å²) in [5, 5.41) is 0.323. The van der Waals surface area contributed by atoms with Gasteiger partial charge < -0.3 is 5.73 Å². The summed E-state index contributed by atoms with van der Waals surface area (Å²) in [6.45, 7) is 5.79. The summed E-state index contributed by atoms with van der Waals surface area (Å²) in [7, 11) is 0. The summed E-state index contributed by atoms with van der Waals surface area (Å²) in [6, 6.07) is 1.31. The Hall–Kier alpha value is -0.470. The fourth-order valence-corrected chi connectivity index (χ4v) is 1.51. The Morgan fingerprint density at radius 3 is 2.21 bits per heavy atom. The zero-order chi connectivity index (χ0) is 11.3. The first-order valence-corrected chi connectivity index (χ1v) is 5.25. The van der Waals surface area contributed by atoms with Crippen molar-refractivity contribution in [3.63, 3.8) is 0 Å². The highest BCUT2D eigenvalue weighted by Gasteiger charge is 2.12. The first kappa shape index (κ1) is 13.5. The first-order chi connectivity index (χ1) is 6.57. The molecule has 2 N–H and O–H groups in total. The van der Waals surface area contributed by atoms with Crippen LogP contribution in [0.2, 0.25) is 10.0 Å². The van der Waals surface area contributed by atoms with Gasteiger partial charge in [0.05, 0.1) is 15.7 Å². The van der Waals surface area contributed by atoms with Crippen molar-refractivity contribution in [1.29, 1.82) is 0 Å². The van der Waals surface area contributed by atoms with Crippen molar-refractivity contribution >= 4 is 28.9 Å². The second-order valence-corrected chi connectivity index (χ2v) is 3.21. The van der Waals surface area contributed by atoms with Crippen LogP contribution in [0.3, 0.4) is 0 Å². The van der Waals surface area contributed by atoms with Gasteiger partial charge in [-0.1, -0.05) is 44.0 Å². The molecule has 1 nitrogen and oxygen atoms in total. The van der Waals surface area contributed by atoms with Gasteiger partial charge in [0, 0.05) is 5.56 Å². The largest absolute Gasteiger partial charge is 0.397 e. The first-order valence-electron chi connectivity index (χ1n) is 4.49. The number of nitrogens with two attached hydrogens (primary N) is 1. The molecule has 1 rings (SSSR count). The van der Waals surface area contributed by atoms with E-state index in [0.29, 0.717) is 17.0 Å². The minimum Gasteiger partial charge on any atom is -0.397 e. The monoisotopic (exact) mass is 237 g/mol. The maximum atomic E-state index is 13.2. The van der Waals surface area contributed by atoms with Crippen LogP contribution in [0.25, 0.3) is 0 Å². The highest BCUT2D eigenvalue weighted by atomic mass is 35.5. The van der Waals surface area contributed by atoms with E-state index in [-0.39, 0.29) is 10.7 Å². The van der Waals surface area contributed by atoms with Crippen molar-refractivity contribution in [3.05, 3.63) is 27.5 Å². The Labute approximate surface area is 94.0 Å². The molecule has 0 heterocycles. The normalized spacial score (nSPS) is 9.29. The second kappa shape index (κ2) is 6.10. The van der Waals surface area contributed by atoms with Gasteiger partial charge >= 0.3 is 0 Å². The van der Waals surface area contributed by atoms with Crippen LogP contribution in [-0.4, -0.2) is 0 Å². The minimum atomic E-state index is -0.471. The maximum Gasteiger partial charge on any atom is 0.147 e. The number of rotatable bonds is 1. The molecule has 0 aliphatic rings. The molecule has 0 saturated heterocycles. The summed E-state index contributed by atoms with van der Waals surface area (Å²) in [4.78, 5) is 0. The van der Waals surface area contributed by atoms with Crippen molar-refractivity contribution in [2.45, 2.75) is 27.2 Å². The van der Waals surface area contributed by atoms with Crippen LogP contribution < -0.4 is 5.73 Å². The molecular weight excluding hydrogens is 224 g/mol. The lowest BCUT2D eigenvalue weighted by Gasteiger charge is -2.07. The molecule has 0 radical (unpaired) electrons. The number of halogens is 3. The van der Waals surface area contributed by atoms with Gasteiger partial charge in [-0.05, 0) is 12.5 Å². The minimum absolute atomic E-state index is 0.0195. The number of hydrogen-bond acceptors (Lipinski definition) is 1. The molecule has 0 spiro atoms. The lowest BCUT2D eigenvalue weighted by Crippen LogP contribution is -1.98. The summed E-state index contributed by atoms with van der Waals surface area (Å²) in [5.74, 6) is -0.471. The Bertz CT molecular complexity index is 287. The molecule has 0 aromatic heterocycles. The van der Waals surface area contributed by atoms with E-state index in [2.05, 4.69) is 0 Å². The zero-order valence-corrected chi connectivity index (χ0v) is 10.0. The SMILES string of the molecule is CC.CCc1c(N)c(Cl)cc(Cl)c1F. The molecule has 0 unspecified atom stereocenters. The number of anilines is 1. The lowest BCUT2D eigenvalue weighted by molar-refractivity contribution is 0.614. The fraction of sp³-hybridized carbons (Fsp3) is 0.400.